The minimum atomic E-state index is 0.370. The summed E-state index contributed by atoms with van der Waals surface area (Å²) in [4.78, 5) is 9.35. The van der Waals surface area contributed by atoms with Crippen LogP contribution >= 0.6 is 0 Å². The van der Waals surface area contributed by atoms with Gasteiger partial charge in [-0.2, -0.15) is 0 Å². The van der Waals surface area contributed by atoms with Crippen LogP contribution in [0.15, 0.2) is 23.2 Å². The van der Waals surface area contributed by atoms with Gasteiger partial charge in [0.2, 0.25) is 0 Å². The molecule has 2 fully saturated rings. The van der Waals surface area contributed by atoms with Crippen LogP contribution in [-0.2, 0) is 0 Å². The Bertz CT molecular complexity index is 644. The first-order valence-electron chi connectivity index (χ1n) is 10.4. The number of benzene rings is 1. The van der Waals surface area contributed by atoms with Crippen LogP contribution < -0.4 is 25.0 Å². The van der Waals surface area contributed by atoms with Crippen LogP contribution in [0, 0.1) is 0 Å². The van der Waals surface area contributed by atoms with E-state index >= 15 is 0 Å². The highest BCUT2D eigenvalue weighted by molar-refractivity contribution is 5.80. The summed E-state index contributed by atoms with van der Waals surface area (Å²) in [6.07, 6.45) is 3.64. The monoisotopic (exact) mass is 389 g/mol. The van der Waals surface area contributed by atoms with Crippen molar-refractivity contribution in [2.75, 3.05) is 58.9 Å². The van der Waals surface area contributed by atoms with Gasteiger partial charge in [0.15, 0.2) is 5.96 Å². The van der Waals surface area contributed by atoms with Gasteiger partial charge in [0.05, 0.1) is 14.2 Å². The summed E-state index contributed by atoms with van der Waals surface area (Å²) >= 11 is 0. The third-order valence-electron chi connectivity index (χ3n) is 5.86. The molecule has 0 aromatic heterocycles. The van der Waals surface area contributed by atoms with Crippen molar-refractivity contribution >= 4 is 11.6 Å². The van der Waals surface area contributed by atoms with Crippen molar-refractivity contribution in [3.05, 3.63) is 18.2 Å². The van der Waals surface area contributed by atoms with Gasteiger partial charge in [0.1, 0.15) is 11.5 Å². The molecule has 2 aliphatic heterocycles. The lowest BCUT2D eigenvalue weighted by Gasteiger charge is -2.25. The van der Waals surface area contributed by atoms with Crippen molar-refractivity contribution < 1.29 is 9.47 Å². The number of hydrogen-bond acceptors (Lipinski definition) is 5. The standard InChI is InChI=1S/C21H35N5O2/c1-5-25-9-6-7-17(25)14-23-21(22-2)24-16-8-10-26(15-16)18-11-19(27-3)13-20(12-18)28-4/h11-13,16-17H,5-10,14-15H2,1-4H3,(H2,22,23,24). The molecule has 2 unspecified atom stereocenters. The van der Waals surface area contributed by atoms with Gasteiger partial charge in [0.25, 0.3) is 0 Å². The zero-order valence-corrected chi connectivity index (χ0v) is 17.7. The predicted molar refractivity (Wildman–Crippen MR) is 115 cm³/mol. The topological polar surface area (TPSA) is 61.4 Å². The summed E-state index contributed by atoms with van der Waals surface area (Å²) in [5, 5.41) is 7.13. The van der Waals surface area contributed by atoms with Crippen LogP contribution in [0.25, 0.3) is 0 Å². The summed E-state index contributed by atoms with van der Waals surface area (Å²) in [7, 11) is 5.22. The molecule has 2 heterocycles. The van der Waals surface area contributed by atoms with Crippen LogP contribution in [0.1, 0.15) is 26.2 Å². The van der Waals surface area contributed by atoms with E-state index in [1.54, 1.807) is 14.2 Å². The molecule has 3 rings (SSSR count). The van der Waals surface area contributed by atoms with Gasteiger partial charge in [-0.3, -0.25) is 9.89 Å². The fourth-order valence-electron chi connectivity index (χ4n) is 4.23. The van der Waals surface area contributed by atoms with E-state index in [9.17, 15) is 0 Å². The zero-order chi connectivity index (χ0) is 19.9. The molecule has 2 atom stereocenters. The maximum absolute atomic E-state index is 5.41. The number of aliphatic imine (C=N–C) groups is 1. The van der Waals surface area contributed by atoms with Gasteiger partial charge in [0, 0.05) is 62.7 Å². The Morgan fingerprint density at radius 3 is 2.54 bits per heavy atom. The number of nitrogens with one attached hydrogen (secondary N) is 2. The average Bonchev–Trinajstić information content (AvgIpc) is 3.39. The van der Waals surface area contributed by atoms with Crippen molar-refractivity contribution in [3.8, 4) is 11.5 Å². The van der Waals surface area contributed by atoms with E-state index in [1.807, 2.05) is 13.1 Å². The number of likely N-dealkylation sites (N-methyl/N-ethyl adjacent to an activating group) is 1. The van der Waals surface area contributed by atoms with Crippen molar-refractivity contribution in [2.24, 2.45) is 4.99 Å². The summed E-state index contributed by atoms with van der Waals surface area (Å²) in [6.45, 7) is 7.47. The fraction of sp³-hybridized carbons (Fsp3) is 0.667. The molecule has 0 radical (unpaired) electrons. The number of hydrogen-bond donors (Lipinski definition) is 2. The Kier molecular flexibility index (Phi) is 7.25. The molecule has 0 bridgehead atoms. The van der Waals surface area contributed by atoms with E-state index in [2.05, 4.69) is 44.5 Å². The molecular weight excluding hydrogens is 354 g/mol. The van der Waals surface area contributed by atoms with Crippen LogP contribution in [-0.4, -0.2) is 76.9 Å². The number of rotatable bonds is 7. The summed E-state index contributed by atoms with van der Waals surface area (Å²) in [6, 6.07) is 7.03. The SMILES string of the molecule is CCN1CCCC1CNC(=NC)NC1CCN(c2cc(OC)cc(OC)c2)C1. The highest BCUT2D eigenvalue weighted by Gasteiger charge is 2.26. The van der Waals surface area contributed by atoms with Gasteiger partial charge in [-0.15, -0.1) is 0 Å². The van der Waals surface area contributed by atoms with Crippen molar-refractivity contribution in [1.82, 2.24) is 15.5 Å². The molecule has 2 saturated heterocycles. The maximum atomic E-state index is 5.41. The van der Waals surface area contributed by atoms with Crippen LogP contribution in [0.3, 0.4) is 0 Å². The number of guanidine groups is 1. The zero-order valence-electron chi connectivity index (χ0n) is 17.7. The Labute approximate surface area is 169 Å². The highest BCUT2D eigenvalue weighted by Crippen LogP contribution is 2.30. The van der Waals surface area contributed by atoms with Crippen molar-refractivity contribution in [1.29, 1.82) is 0 Å². The summed E-state index contributed by atoms with van der Waals surface area (Å²) in [5.41, 5.74) is 1.13. The second-order valence-electron chi connectivity index (χ2n) is 7.52. The Morgan fingerprint density at radius 2 is 1.89 bits per heavy atom. The van der Waals surface area contributed by atoms with Gasteiger partial charge in [-0.1, -0.05) is 6.92 Å². The smallest absolute Gasteiger partial charge is 0.191 e. The van der Waals surface area contributed by atoms with Gasteiger partial charge in [-0.05, 0) is 32.4 Å². The number of methoxy groups -OCH3 is 2. The molecule has 0 aliphatic carbocycles. The number of ether oxygens (including phenoxy) is 2. The van der Waals surface area contributed by atoms with Crippen LogP contribution in [0.5, 0.6) is 11.5 Å². The van der Waals surface area contributed by atoms with E-state index in [-0.39, 0.29) is 0 Å². The second-order valence-corrected chi connectivity index (χ2v) is 7.52. The molecule has 0 amide bonds. The summed E-state index contributed by atoms with van der Waals surface area (Å²) < 4.78 is 10.8. The Morgan fingerprint density at radius 1 is 1.14 bits per heavy atom. The molecule has 1 aromatic carbocycles. The van der Waals surface area contributed by atoms with Gasteiger partial charge in [-0.25, -0.2) is 0 Å². The van der Waals surface area contributed by atoms with Crippen molar-refractivity contribution in [3.63, 3.8) is 0 Å². The van der Waals surface area contributed by atoms with E-state index in [0.29, 0.717) is 12.1 Å². The van der Waals surface area contributed by atoms with Crippen LogP contribution in [0.2, 0.25) is 0 Å². The molecule has 7 heteroatoms. The quantitative estimate of drug-likeness (QED) is 0.549. The lowest BCUT2D eigenvalue weighted by atomic mass is 10.2. The lowest BCUT2D eigenvalue weighted by Crippen LogP contribution is -2.48. The normalized spacial score (nSPS) is 23.1. The molecule has 7 nitrogen and oxygen atoms in total. The van der Waals surface area contributed by atoms with Crippen molar-refractivity contribution in [2.45, 2.75) is 38.3 Å². The number of anilines is 1. The third-order valence-corrected chi connectivity index (χ3v) is 5.86. The van der Waals surface area contributed by atoms with E-state index < -0.39 is 0 Å². The van der Waals surface area contributed by atoms with Gasteiger partial charge < -0.3 is 25.0 Å². The molecule has 2 aliphatic rings. The van der Waals surface area contributed by atoms with E-state index in [1.165, 1.54) is 19.4 Å². The molecule has 156 valence electrons. The average molecular weight is 390 g/mol. The first-order valence-corrected chi connectivity index (χ1v) is 10.4. The van der Waals surface area contributed by atoms with E-state index in [4.69, 9.17) is 9.47 Å². The lowest BCUT2D eigenvalue weighted by molar-refractivity contribution is 0.267. The maximum Gasteiger partial charge on any atom is 0.191 e. The Balaban J connectivity index is 1.53. The third kappa shape index (κ3) is 5.01. The van der Waals surface area contributed by atoms with E-state index in [0.717, 1.165) is 55.7 Å². The fourth-order valence-corrected chi connectivity index (χ4v) is 4.23. The minimum Gasteiger partial charge on any atom is -0.497 e. The molecule has 1 aromatic rings. The molecule has 0 saturated carbocycles. The number of nitrogens with zero attached hydrogens (tertiary/aromatic N) is 3. The molecule has 2 N–H and O–H groups in total. The minimum absolute atomic E-state index is 0.370. The molecule has 0 spiro atoms. The first kappa shape index (κ1) is 20.6. The highest BCUT2D eigenvalue weighted by atomic mass is 16.5. The molecular formula is C21H35N5O2. The van der Waals surface area contributed by atoms with Crippen LogP contribution in [0.4, 0.5) is 5.69 Å². The molecule has 28 heavy (non-hydrogen) atoms. The second kappa shape index (κ2) is 9.87. The largest absolute Gasteiger partial charge is 0.497 e. The predicted octanol–water partition coefficient (Wildman–Crippen LogP) is 1.93. The number of likely N-dealkylation sites (tertiary alicyclic amines) is 1. The first-order chi connectivity index (χ1) is 13.7. The van der Waals surface area contributed by atoms with Gasteiger partial charge >= 0.3 is 0 Å². The summed E-state index contributed by atoms with van der Waals surface area (Å²) in [5.74, 6) is 2.54. The Hall–Kier alpha value is -2.15.